The van der Waals surface area contributed by atoms with E-state index in [-0.39, 0.29) is 5.78 Å². The van der Waals surface area contributed by atoms with Crippen molar-refractivity contribution in [3.8, 4) is 0 Å². The summed E-state index contributed by atoms with van der Waals surface area (Å²) >= 11 is 1.68. The molecule has 0 spiro atoms. The van der Waals surface area contributed by atoms with E-state index in [1.807, 2.05) is 18.3 Å². The zero-order valence-electron chi connectivity index (χ0n) is 13.0. The number of aromatic nitrogens is 2. The molecule has 1 aliphatic heterocycles. The van der Waals surface area contributed by atoms with E-state index in [4.69, 9.17) is 4.74 Å². The maximum atomic E-state index is 12.1. The Balaban J connectivity index is 1.50. The minimum absolute atomic E-state index is 0.140. The predicted molar refractivity (Wildman–Crippen MR) is 94.1 cm³/mol. The zero-order valence-corrected chi connectivity index (χ0v) is 13.8. The second-order valence-electron chi connectivity index (χ2n) is 5.51. The normalized spacial score (nSPS) is 15.8. The summed E-state index contributed by atoms with van der Waals surface area (Å²) in [6.07, 6.45) is 6.77. The summed E-state index contributed by atoms with van der Waals surface area (Å²) in [6.45, 7) is 2.71. The highest BCUT2D eigenvalue weighted by molar-refractivity contribution is 7.10. The second kappa shape index (κ2) is 5.98. The quantitative estimate of drug-likeness (QED) is 0.715. The van der Waals surface area contributed by atoms with Crippen LogP contribution in [0.3, 0.4) is 0 Å². The van der Waals surface area contributed by atoms with Crippen molar-refractivity contribution in [2.45, 2.75) is 13.5 Å². The number of allylic oxidation sites excluding steroid dienone is 1. The SMILES string of the molecule is Cc1ccsc1CNC1=CC(=O)/C(=C/c2c[nH]c3ncccc23)O1. The molecule has 0 fully saturated rings. The van der Waals surface area contributed by atoms with Gasteiger partial charge >= 0.3 is 0 Å². The molecule has 120 valence electrons. The Labute approximate surface area is 142 Å². The minimum Gasteiger partial charge on any atom is -0.437 e. The van der Waals surface area contributed by atoms with E-state index >= 15 is 0 Å². The first-order valence-electron chi connectivity index (χ1n) is 7.55. The number of hydrogen-bond donors (Lipinski definition) is 2. The number of hydrogen-bond acceptors (Lipinski definition) is 5. The van der Waals surface area contributed by atoms with Gasteiger partial charge in [0.25, 0.3) is 0 Å². The van der Waals surface area contributed by atoms with Crippen molar-refractivity contribution in [3.63, 3.8) is 0 Å². The van der Waals surface area contributed by atoms with Crippen LogP contribution in [0.25, 0.3) is 17.1 Å². The van der Waals surface area contributed by atoms with Crippen molar-refractivity contribution < 1.29 is 9.53 Å². The third-order valence-electron chi connectivity index (χ3n) is 3.89. The highest BCUT2D eigenvalue weighted by atomic mass is 32.1. The Bertz CT molecular complexity index is 981. The number of aryl methyl sites for hydroxylation is 1. The highest BCUT2D eigenvalue weighted by Gasteiger charge is 2.21. The van der Waals surface area contributed by atoms with Gasteiger partial charge in [-0.15, -0.1) is 11.3 Å². The Morgan fingerprint density at radius 3 is 3.17 bits per heavy atom. The number of nitrogens with one attached hydrogen (secondary N) is 2. The smallest absolute Gasteiger partial charge is 0.226 e. The molecule has 6 heteroatoms. The fourth-order valence-electron chi connectivity index (χ4n) is 2.57. The van der Waals surface area contributed by atoms with E-state index < -0.39 is 0 Å². The molecule has 0 radical (unpaired) electrons. The van der Waals surface area contributed by atoms with Crippen molar-refractivity contribution >= 4 is 34.2 Å². The van der Waals surface area contributed by atoms with Gasteiger partial charge in [-0.3, -0.25) is 4.79 Å². The number of carbonyl (C=O) groups is 1. The molecule has 0 bridgehead atoms. The van der Waals surface area contributed by atoms with E-state index in [0.717, 1.165) is 16.6 Å². The lowest BCUT2D eigenvalue weighted by molar-refractivity contribution is -0.112. The van der Waals surface area contributed by atoms with Gasteiger partial charge in [0.05, 0.1) is 6.54 Å². The molecule has 1 aliphatic rings. The lowest BCUT2D eigenvalue weighted by atomic mass is 10.2. The number of thiophene rings is 1. The highest BCUT2D eigenvalue weighted by Crippen LogP contribution is 2.24. The molecule has 0 aliphatic carbocycles. The number of aromatic amines is 1. The summed E-state index contributed by atoms with van der Waals surface area (Å²) in [5.74, 6) is 0.654. The van der Waals surface area contributed by atoms with E-state index in [1.54, 1.807) is 23.6 Å². The molecule has 3 aromatic rings. The number of carbonyl (C=O) groups excluding carboxylic acids is 1. The third kappa shape index (κ3) is 2.72. The molecule has 3 aromatic heterocycles. The summed E-state index contributed by atoms with van der Waals surface area (Å²) in [7, 11) is 0. The molecule has 4 heterocycles. The second-order valence-corrected chi connectivity index (χ2v) is 6.51. The summed E-state index contributed by atoms with van der Waals surface area (Å²) in [5.41, 5.74) is 2.90. The topological polar surface area (TPSA) is 67.0 Å². The molecular weight excluding hydrogens is 322 g/mol. The molecule has 0 unspecified atom stereocenters. The van der Waals surface area contributed by atoms with Crippen molar-refractivity contribution in [1.29, 1.82) is 0 Å². The fraction of sp³-hybridized carbons (Fsp3) is 0.111. The van der Waals surface area contributed by atoms with Crippen LogP contribution in [-0.4, -0.2) is 15.8 Å². The molecule has 0 saturated heterocycles. The molecular formula is C18H15N3O2S. The molecule has 24 heavy (non-hydrogen) atoms. The van der Waals surface area contributed by atoms with Gasteiger partial charge in [-0.25, -0.2) is 4.98 Å². The number of pyridine rings is 1. The Hall–Kier alpha value is -2.86. The van der Waals surface area contributed by atoms with E-state index in [0.29, 0.717) is 18.2 Å². The summed E-state index contributed by atoms with van der Waals surface area (Å²) in [4.78, 5) is 20.7. The van der Waals surface area contributed by atoms with Gasteiger partial charge in [-0.1, -0.05) is 0 Å². The van der Waals surface area contributed by atoms with Crippen LogP contribution in [-0.2, 0) is 16.1 Å². The van der Waals surface area contributed by atoms with Crippen LogP contribution >= 0.6 is 11.3 Å². The van der Waals surface area contributed by atoms with Gasteiger partial charge in [0.15, 0.2) is 11.6 Å². The van der Waals surface area contributed by atoms with E-state index in [2.05, 4.69) is 33.7 Å². The maximum absolute atomic E-state index is 12.1. The van der Waals surface area contributed by atoms with Crippen LogP contribution in [0, 0.1) is 6.92 Å². The van der Waals surface area contributed by atoms with Crippen molar-refractivity contribution in [2.24, 2.45) is 0 Å². The molecule has 0 atom stereocenters. The van der Waals surface area contributed by atoms with Crippen molar-refractivity contribution in [1.82, 2.24) is 15.3 Å². The zero-order chi connectivity index (χ0) is 16.5. The monoisotopic (exact) mass is 337 g/mol. The standard InChI is InChI=1S/C18H15N3O2S/c1-11-4-6-24-16(11)10-20-17-8-14(22)15(23-17)7-12-9-21-18-13(12)3-2-5-19-18/h2-9,20H,10H2,1H3,(H,19,21)/b15-7-. The predicted octanol–water partition coefficient (Wildman–Crippen LogP) is 3.50. The first-order valence-corrected chi connectivity index (χ1v) is 8.43. The van der Waals surface area contributed by atoms with Crippen LogP contribution in [0.2, 0.25) is 0 Å². The number of nitrogens with zero attached hydrogens (tertiary/aromatic N) is 1. The Morgan fingerprint density at radius 2 is 2.33 bits per heavy atom. The Morgan fingerprint density at radius 1 is 1.42 bits per heavy atom. The maximum Gasteiger partial charge on any atom is 0.226 e. The van der Waals surface area contributed by atoms with Gasteiger partial charge in [-0.05, 0) is 42.1 Å². The molecule has 5 nitrogen and oxygen atoms in total. The largest absolute Gasteiger partial charge is 0.437 e. The van der Waals surface area contributed by atoms with Crippen LogP contribution in [0.1, 0.15) is 16.0 Å². The van der Waals surface area contributed by atoms with Crippen molar-refractivity contribution in [3.05, 3.63) is 69.7 Å². The number of ether oxygens (including phenoxy) is 1. The van der Waals surface area contributed by atoms with Gasteiger partial charge in [0.2, 0.25) is 5.78 Å². The average Bonchev–Trinajstić information content (AvgIpc) is 3.27. The summed E-state index contributed by atoms with van der Waals surface area (Å²) in [6, 6.07) is 5.90. The first kappa shape index (κ1) is 14.7. The number of H-pyrrole nitrogens is 1. The Kier molecular flexibility index (Phi) is 3.66. The molecule has 2 N–H and O–H groups in total. The number of ketones is 1. The van der Waals surface area contributed by atoms with E-state index in [1.165, 1.54) is 16.5 Å². The van der Waals surface area contributed by atoms with Crippen LogP contribution in [0.15, 0.2) is 53.7 Å². The van der Waals surface area contributed by atoms with Crippen molar-refractivity contribution in [2.75, 3.05) is 0 Å². The third-order valence-corrected chi connectivity index (χ3v) is 4.91. The number of fused-ring (bicyclic) bond motifs is 1. The van der Waals surface area contributed by atoms with Gasteiger partial charge < -0.3 is 15.0 Å². The molecule has 0 saturated carbocycles. The van der Waals surface area contributed by atoms with E-state index in [9.17, 15) is 4.79 Å². The van der Waals surface area contributed by atoms with Crippen LogP contribution in [0.4, 0.5) is 0 Å². The van der Waals surface area contributed by atoms with Crippen LogP contribution < -0.4 is 5.32 Å². The molecule has 0 aromatic carbocycles. The summed E-state index contributed by atoms with van der Waals surface area (Å²) < 4.78 is 5.67. The lowest BCUT2D eigenvalue weighted by Gasteiger charge is -2.07. The van der Waals surface area contributed by atoms with Gasteiger partial charge in [0, 0.05) is 34.3 Å². The minimum atomic E-state index is -0.140. The average molecular weight is 337 g/mol. The molecule has 4 rings (SSSR count). The van der Waals surface area contributed by atoms with Gasteiger partial charge in [0.1, 0.15) is 5.65 Å². The number of rotatable bonds is 4. The fourth-order valence-corrected chi connectivity index (χ4v) is 3.41. The molecule has 0 amide bonds. The van der Waals surface area contributed by atoms with Crippen LogP contribution in [0.5, 0.6) is 0 Å². The first-order chi connectivity index (χ1) is 11.7. The van der Waals surface area contributed by atoms with Gasteiger partial charge in [-0.2, -0.15) is 0 Å². The lowest BCUT2D eigenvalue weighted by Crippen LogP contribution is -2.12. The summed E-state index contributed by atoms with van der Waals surface area (Å²) in [5, 5.41) is 6.18.